The first-order valence-corrected chi connectivity index (χ1v) is 5.55. The van der Waals surface area contributed by atoms with Crippen LogP contribution in [0.1, 0.15) is 23.7 Å². The molecule has 0 spiro atoms. The van der Waals surface area contributed by atoms with E-state index in [2.05, 4.69) is 0 Å². The molecule has 24 heavy (non-hydrogen) atoms. The van der Waals surface area contributed by atoms with Crippen LogP contribution in [-0.4, -0.2) is 22.5 Å². The maximum atomic E-state index is 13.4. The van der Waals surface area contributed by atoms with Crippen molar-refractivity contribution in [1.82, 2.24) is 0 Å². The number of rotatable bonds is 3. The molecule has 2 nitrogen and oxygen atoms in total. The van der Waals surface area contributed by atoms with Gasteiger partial charge in [0.1, 0.15) is 5.56 Å². The standard InChI is InChI=1S/C11H6F10O2.Fe/c12-6-4(2(22)1-3(23)10(16,17)18)7(13)9(15)5(8(6)14)11(19,20)21;/h2-3,22-23H,1H2;. The fraction of sp³-hybridized carbons (Fsp3) is 0.455. The summed E-state index contributed by atoms with van der Waals surface area (Å²) in [4.78, 5) is 0. The summed E-state index contributed by atoms with van der Waals surface area (Å²) < 4.78 is 126. The number of aliphatic hydroxyl groups excluding tert-OH is 2. The molecule has 1 rings (SSSR count). The van der Waals surface area contributed by atoms with Crippen LogP contribution in [0.2, 0.25) is 0 Å². The van der Waals surface area contributed by atoms with E-state index in [0.29, 0.717) is 0 Å². The molecule has 0 radical (unpaired) electrons. The smallest absolute Gasteiger partial charge is 0.388 e. The van der Waals surface area contributed by atoms with Crippen molar-refractivity contribution in [3.8, 4) is 0 Å². The first-order chi connectivity index (χ1) is 10.2. The predicted molar refractivity (Wildman–Crippen MR) is 52.9 cm³/mol. The van der Waals surface area contributed by atoms with Crippen LogP contribution < -0.4 is 0 Å². The van der Waals surface area contributed by atoms with E-state index < -0.39 is 65.4 Å². The second-order valence-electron chi connectivity index (χ2n) is 4.35. The number of hydrogen-bond donors (Lipinski definition) is 2. The molecule has 0 aliphatic rings. The molecule has 0 heterocycles. The maximum Gasteiger partial charge on any atom is 0.422 e. The van der Waals surface area contributed by atoms with Gasteiger partial charge in [0, 0.05) is 23.5 Å². The molecule has 1 aromatic carbocycles. The third-order valence-corrected chi connectivity index (χ3v) is 2.74. The van der Waals surface area contributed by atoms with Gasteiger partial charge in [0.25, 0.3) is 0 Å². The molecule has 0 aromatic heterocycles. The van der Waals surface area contributed by atoms with Crippen LogP contribution in [0.4, 0.5) is 43.9 Å². The number of halogens is 10. The molecular weight excluding hydrogens is 410 g/mol. The zero-order valence-electron chi connectivity index (χ0n) is 10.9. The van der Waals surface area contributed by atoms with Crippen molar-refractivity contribution in [3.63, 3.8) is 0 Å². The van der Waals surface area contributed by atoms with Gasteiger partial charge in [-0.15, -0.1) is 0 Å². The molecule has 140 valence electrons. The summed E-state index contributed by atoms with van der Waals surface area (Å²) in [5.41, 5.74) is -5.02. The Morgan fingerprint density at radius 3 is 1.42 bits per heavy atom. The summed E-state index contributed by atoms with van der Waals surface area (Å²) in [6, 6.07) is 0. The van der Waals surface area contributed by atoms with Crippen LogP contribution in [0.5, 0.6) is 0 Å². The fourth-order valence-electron chi connectivity index (χ4n) is 1.65. The summed E-state index contributed by atoms with van der Waals surface area (Å²) in [6.45, 7) is 0. The Morgan fingerprint density at radius 1 is 0.750 bits per heavy atom. The molecule has 13 heteroatoms. The minimum absolute atomic E-state index is 0. The van der Waals surface area contributed by atoms with E-state index in [4.69, 9.17) is 5.11 Å². The van der Waals surface area contributed by atoms with Gasteiger partial charge in [-0.25, -0.2) is 17.6 Å². The van der Waals surface area contributed by atoms with Gasteiger partial charge < -0.3 is 10.2 Å². The second-order valence-corrected chi connectivity index (χ2v) is 4.35. The Bertz CT molecular complexity index is 569. The van der Waals surface area contributed by atoms with Crippen LogP contribution in [0.3, 0.4) is 0 Å². The Balaban J connectivity index is 0.00000529. The topological polar surface area (TPSA) is 40.5 Å². The van der Waals surface area contributed by atoms with Crippen molar-refractivity contribution in [1.29, 1.82) is 0 Å². The third-order valence-electron chi connectivity index (χ3n) is 2.74. The maximum absolute atomic E-state index is 13.4. The fourth-order valence-corrected chi connectivity index (χ4v) is 1.65. The quantitative estimate of drug-likeness (QED) is 0.450. The minimum atomic E-state index is -5.83. The molecule has 2 N–H and O–H groups in total. The number of aliphatic hydroxyl groups is 2. The molecule has 0 aliphatic heterocycles. The van der Waals surface area contributed by atoms with Crippen LogP contribution in [-0.2, 0) is 23.2 Å². The van der Waals surface area contributed by atoms with Crippen molar-refractivity contribution >= 4 is 0 Å². The molecule has 0 saturated heterocycles. The molecular formula is C11H6F10FeO2. The van der Waals surface area contributed by atoms with Crippen LogP contribution in [0.15, 0.2) is 0 Å². The SMILES string of the molecule is OC(CC(O)C(F)(F)F)c1c(F)c(F)c(C(F)(F)F)c(F)c1F.[Fe]. The Hall–Kier alpha value is -1.04. The number of benzene rings is 1. The predicted octanol–water partition coefficient (Wildman–Crippen LogP) is 3.61. The Labute approximate surface area is 137 Å². The summed E-state index contributed by atoms with van der Waals surface area (Å²) in [5, 5.41) is 17.8. The van der Waals surface area contributed by atoms with Crippen LogP contribution in [0.25, 0.3) is 0 Å². The zero-order valence-corrected chi connectivity index (χ0v) is 12.0. The van der Waals surface area contributed by atoms with Gasteiger partial charge in [-0.3, -0.25) is 0 Å². The van der Waals surface area contributed by atoms with Gasteiger partial charge in [-0.1, -0.05) is 0 Å². The Kier molecular flexibility index (Phi) is 7.14. The Morgan fingerprint density at radius 2 is 1.12 bits per heavy atom. The zero-order chi connectivity index (χ0) is 18.3. The van der Waals surface area contributed by atoms with Gasteiger partial charge in [0.05, 0.1) is 11.7 Å². The average Bonchev–Trinajstić information content (AvgIpc) is 2.34. The van der Waals surface area contributed by atoms with Crippen molar-refractivity contribution < 1.29 is 71.2 Å². The summed E-state index contributed by atoms with van der Waals surface area (Å²) in [7, 11) is 0. The van der Waals surface area contributed by atoms with Gasteiger partial charge in [0.15, 0.2) is 29.4 Å². The molecule has 0 aliphatic carbocycles. The molecule has 0 fully saturated rings. The van der Waals surface area contributed by atoms with Crippen LogP contribution >= 0.6 is 0 Å². The van der Waals surface area contributed by atoms with Crippen LogP contribution in [0, 0.1) is 23.3 Å². The minimum Gasteiger partial charge on any atom is -0.388 e. The van der Waals surface area contributed by atoms with Gasteiger partial charge in [-0.05, 0) is 0 Å². The monoisotopic (exact) mass is 416 g/mol. The van der Waals surface area contributed by atoms with Crippen molar-refractivity contribution in [3.05, 3.63) is 34.4 Å². The molecule has 0 amide bonds. The summed E-state index contributed by atoms with van der Waals surface area (Å²) in [5.74, 6) is -11.3. The second kappa shape index (κ2) is 7.46. The summed E-state index contributed by atoms with van der Waals surface area (Å²) in [6.07, 6.45) is -19.3. The van der Waals surface area contributed by atoms with E-state index in [1.165, 1.54) is 0 Å². The van der Waals surface area contributed by atoms with Gasteiger partial charge in [0.2, 0.25) is 0 Å². The van der Waals surface area contributed by atoms with Gasteiger partial charge in [-0.2, -0.15) is 26.3 Å². The normalized spacial score (nSPS) is 15.0. The molecule has 2 atom stereocenters. The molecule has 1 aromatic rings. The van der Waals surface area contributed by atoms with E-state index in [1.807, 2.05) is 0 Å². The first kappa shape index (κ1) is 23.0. The van der Waals surface area contributed by atoms with E-state index in [-0.39, 0.29) is 17.1 Å². The third kappa shape index (κ3) is 4.52. The van der Waals surface area contributed by atoms with Crippen molar-refractivity contribution in [2.24, 2.45) is 0 Å². The van der Waals surface area contributed by atoms with Crippen molar-refractivity contribution in [2.75, 3.05) is 0 Å². The summed E-state index contributed by atoms with van der Waals surface area (Å²) >= 11 is 0. The van der Waals surface area contributed by atoms with Crippen molar-refractivity contribution in [2.45, 2.75) is 31.0 Å². The largest absolute Gasteiger partial charge is 0.422 e. The molecule has 2 unspecified atom stereocenters. The van der Waals surface area contributed by atoms with E-state index in [1.54, 1.807) is 0 Å². The first-order valence-electron chi connectivity index (χ1n) is 5.55. The number of alkyl halides is 6. The van der Waals surface area contributed by atoms with E-state index in [0.717, 1.165) is 0 Å². The molecule has 0 bridgehead atoms. The van der Waals surface area contributed by atoms with E-state index in [9.17, 15) is 49.0 Å². The van der Waals surface area contributed by atoms with Gasteiger partial charge >= 0.3 is 12.4 Å². The molecule has 0 saturated carbocycles. The van der Waals surface area contributed by atoms with E-state index >= 15 is 0 Å². The number of hydrogen-bond acceptors (Lipinski definition) is 2. The average molecular weight is 416 g/mol.